The third-order valence-corrected chi connectivity index (χ3v) is 10.9. The lowest BCUT2D eigenvalue weighted by Gasteiger charge is -2.53. The number of alkyl halides is 4. The fourth-order valence-corrected chi connectivity index (χ4v) is 8.72. The maximum Gasteiger partial charge on any atom is 0.392 e. The smallest absolute Gasteiger partial charge is 0.380 e. The fourth-order valence-electron chi connectivity index (χ4n) is 8.72. The van der Waals surface area contributed by atoms with Gasteiger partial charge in [-0.2, -0.15) is 13.2 Å². The topological polar surface area (TPSA) is 60.1 Å². The van der Waals surface area contributed by atoms with Crippen molar-refractivity contribution >= 4 is 5.91 Å². The number of carbonyl (C=O) groups is 1. The molecule has 0 aromatic carbocycles. The van der Waals surface area contributed by atoms with Crippen molar-refractivity contribution in [1.82, 2.24) is 25.6 Å². The van der Waals surface area contributed by atoms with E-state index in [-0.39, 0.29) is 36.8 Å². The molecule has 1 amide bonds. The number of carbonyl (C=O) groups excluding carboxylic acids is 1. The molecule has 38 heavy (non-hydrogen) atoms. The van der Waals surface area contributed by atoms with Gasteiger partial charge in [0.25, 0.3) is 0 Å². The van der Waals surface area contributed by atoms with Gasteiger partial charge in [-0.1, -0.05) is 6.42 Å². The van der Waals surface area contributed by atoms with E-state index in [4.69, 9.17) is 4.74 Å². The summed E-state index contributed by atoms with van der Waals surface area (Å²) in [5, 5.41) is 0. The molecule has 0 aromatic rings. The standard InChI is InChI=1S/C27H43F4N5O2/c1-34-16-32-33-24(34)23(28)26(14-38-15-26)18-5-4-6-19(11-18)36-13-21-20(25(36)37)9-17(10-22(21)27(29,30)31)12-35-7-2-3-8-35/h17-24,32-33H,2-16H2,1H3/t17?,18?,19?,20?,21?,22?,23-,24?/m1/s1. The fraction of sp³-hybridized carbons (Fsp3) is 0.963. The van der Waals surface area contributed by atoms with Gasteiger partial charge in [-0.3, -0.25) is 9.69 Å². The monoisotopic (exact) mass is 545 g/mol. The number of halogens is 4. The van der Waals surface area contributed by atoms with Gasteiger partial charge in [0.05, 0.1) is 31.2 Å². The van der Waals surface area contributed by atoms with Crippen LogP contribution in [0, 0.1) is 35.0 Å². The average molecular weight is 546 g/mol. The minimum atomic E-state index is -4.29. The highest BCUT2D eigenvalue weighted by Crippen LogP contribution is 2.53. The Balaban J connectivity index is 1.17. The molecule has 2 saturated carbocycles. The Labute approximate surface area is 222 Å². The minimum Gasteiger partial charge on any atom is -0.380 e. The van der Waals surface area contributed by atoms with Crippen LogP contribution in [0.15, 0.2) is 0 Å². The van der Waals surface area contributed by atoms with Gasteiger partial charge in [-0.25, -0.2) is 15.2 Å². The Morgan fingerprint density at radius 1 is 1.11 bits per heavy atom. The Hall–Kier alpha value is -1.01. The van der Waals surface area contributed by atoms with Crippen LogP contribution in [0.1, 0.15) is 51.4 Å². The molecule has 11 heteroatoms. The molecule has 0 spiro atoms. The summed E-state index contributed by atoms with van der Waals surface area (Å²) in [6, 6.07) is -0.116. The van der Waals surface area contributed by atoms with E-state index in [1.807, 2.05) is 11.9 Å². The lowest BCUT2D eigenvalue weighted by molar-refractivity contribution is -0.205. The van der Waals surface area contributed by atoms with Crippen LogP contribution in [0.3, 0.4) is 0 Å². The van der Waals surface area contributed by atoms with Crippen molar-refractivity contribution in [2.24, 2.45) is 35.0 Å². The van der Waals surface area contributed by atoms with Gasteiger partial charge in [0.1, 0.15) is 12.3 Å². The van der Waals surface area contributed by atoms with Gasteiger partial charge in [0, 0.05) is 25.0 Å². The van der Waals surface area contributed by atoms with Crippen LogP contribution in [-0.4, -0.2) is 98.3 Å². The predicted octanol–water partition coefficient (Wildman–Crippen LogP) is 2.98. The molecule has 6 rings (SSSR count). The molecule has 4 saturated heterocycles. The van der Waals surface area contributed by atoms with Gasteiger partial charge in [0.2, 0.25) is 5.91 Å². The number of hydrogen-bond acceptors (Lipinski definition) is 6. The van der Waals surface area contributed by atoms with E-state index in [0.29, 0.717) is 39.3 Å². The summed E-state index contributed by atoms with van der Waals surface area (Å²) in [6.45, 7) is 4.03. The molecule has 2 aliphatic carbocycles. The maximum absolute atomic E-state index is 16.0. The van der Waals surface area contributed by atoms with Crippen LogP contribution in [0.25, 0.3) is 0 Å². The summed E-state index contributed by atoms with van der Waals surface area (Å²) in [5.41, 5.74) is 5.43. The van der Waals surface area contributed by atoms with Crippen LogP contribution >= 0.6 is 0 Å². The van der Waals surface area contributed by atoms with Crippen LogP contribution in [0.2, 0.25) is 0 Å². The van der Waals surface area contributed by atoms with Gasteiger partial charge in [-0.05, 0) is 82.8 Å². The number of likely N-dealkylation sites (tertiary alicyclic amines) is 2. The highest BCUT2D eigenvalue weighted by Gasteiger charge is 2.60. The third-order valence-electron chi connectivity index (χ3n) is 10.9. The number of nitrogens with one attached hydrogen (secondary N) is 2. The molecule has 8 atom stereocenters. The lowest BCUT2D eigenvalue weighted by Crippen LogP contribution is -2.63. The van der Waals surface area contributed by atoms with Crippen LogP contribution < -0.4 is 10.9 Å². The van der Waals surface area contributed by atoms with Crippen LogP contribution in [0.5, 0.6) is 0 Å². The number of hydrogen-bond donors (Lipinski definition) is 2. The summed E-state index contributed by atoms with van der Waals surface area (Å²) < 4.78 is 64.5. The molecule has 7 unspecified atom stereocenters. The van der Waals surface area contributed by atoms with Crippen LogP contribution in [0.4, 0.5) is 17.6 Å². The zero-order chi connectivity index (χ0) is 26.7. The van der Waals surface area contributed by atoms with Crippen molar-refractivity contribution in [2.75, 3.05) is 53.1 Å². The van der Waals surface area contributed by atoms with E-state index in [1.165, 1.54) is 0 Å². The van der Waals surface area contributed by atoms with E-state index in [1.54, 1.807) is 4.90 Å². The summed E-state index contributed by atoms with van der Waals surface area (Å²) in [5.74, 6) is -2.75. The van der Waals surface area contributed by atoms with E-state index < -0.39 is 41.7 Å². The second-order valence-corrected chi connectivity index (χ2v) is 13.1. The first kappa shape index (κ1) is 27.2. The van der Waals surface area contributed by atoms with Crippen molar-refractivity contribution < 1.29 is 27.1 Å². The summed E-state index contributed by atoms with van der Waals surface area (Å²) in [4.78, 5) is 19.7. The number of nitrogens with zero attached hydrogens (tertiary/aromatic N) is 3. The van der Waals surface area contributed by atoms with Crippen molar-refractivity contribution in [3.8, 4) is 0 Å². The van der Waals surface area contributed by atoms with Crippen molar-refractivity contribution in [1.29, 1.82) is 0 Å². The summed E-state index contributed by atoms with van der Waals surface area (Å²) in [7, 11) is 1.87. The molecule has 6 fully saturated rings. The lowest BCUT2D eigenvalue weighted by atomic mass is 9.63. The number of rotatable bonds is 6. The molecule has 4 aliphatic heterocycles. The number of hydrazine groups is 1. The molecule has 7 nitrogen and oxygen atoms in total. The maximum atomic E-state index is 16.0. The predicted molar refractivity (Wildman–Crippen MR) is 133 cm³/mol. The van der Waals surface area contributed by atoms with Gasteiger partial charge in [0.15, 0.2) is 0 Å². The third kappa shape index (κ3) is 4.78. The zero-order valence-electron chi connectivity index (χ0n) is 22.4. The molecule has 4 heterocycles. The first-order chi connectivity index (χ1) is 18.2. The normalized spacial score (nSPS) is 41.3. The number of ether oxygens (including phenoxy) is 1. The van der Waals surface area contributed by atoms with Gasteiger partial charge < -0.3 is 14.5 Å². The van der Waals surface area contributed by atoms with Crippen molar-refractivity contribution in [3.05, 3.63) is 0 Å². The van der Waals surface area contributed by atoms with E-state index in [2.05, 4.69) is 15.8 Å². The molecule has 6 aliphatic rings. The highest BCUT2D eigenvalue weighted by atomic mass is 19.4. The Morgan fingerprint density at radius 2 is 1.87 bits per heavy atom. The highest BCUT2D eigenvalue weighted by molar-refractivity contribution is 5.82. The van der Waals surface area contributed by atoms with Crippen molar-refractivity contribution in [2.45, 2.75) is 75.9 Å². The Morgan fingerprint density at radius 3 is 2.50 bits per heavy atom. The van der Waals surface area contributed by atoms with E-state index >= 15 is 4.39 Å². The molecule has 216 valence electrons. The summed E-state index contributed by atoms with van der Waals surface area (Å²) in [6.07, 6.45) is 0.178. The molecular formula is C27H43F4N5O2. The van der Waals surface area contributed by atoms with Gasteiger partial charge >= 0.3 is 6.18 Å². The minimum absolute atomic E-state index is 0.0394. The molecule has 2 N–H and O–H groups in total. The largest absolute Gasteiger partial charge is 0.392 e. The summed E-state index contributed by atoms with van der Waals surface area (Å²) >= 11 is 0. The number of amides is 1. The van der Waals surface area contributed by atoms with Gasteiger partial charge in [-0.15, -0.1) is 0 Å². The Bertz CT molecular complexity index is 867. The molecular weight excluding hydrogens is 502 g/mol. The number of fused-ring (bicyclic) bond motifs is 1. The average Bonchev–Trinajstić information content (AvgIpc) is 3.59. The second-order valence-electron chi connectivity index (χ2n) is 13.1. The quantitative estimate of drug-likeness (QED) is 0.501. The Kier molecular flexibility index (Phi) is 7.46. The van der Waals surface area contributed by atoms with E-state index in [9.17, 15) is 18.0 Å². The van der Waals surface area contributed by atoms with Crippen LogP contribution in [-0.2, 0) is 9.53 Å². The zero-order valence-corrected chi connectivity index (χ0v) is 22.4. The SMILES string of the molecule is CN1CNNC1[C@@H](F)C1(C2CCCC(N3CC4C(CC(CN5CCCC5)CC4C(F)(F)F)C3=O)C2)COC1. The van der Waals surface area contributed by atoms with E-state index in [0.717, 1.165) is 45.2 Å². The molecule has 0 bridgehead atoms. The second kappa shape index (κ2) is 10.4. The first-order valence-electron chi connectivity index (χ1n) is 14.7. The first-order valence-corrected chi connectivity index (χ1v) is 14.7. The molecule has 0 radical (unpaired) electrons. The molecule has 0 aromatic heterocycles. The van der Waals surface area contributed by atoms with Crippen molar-refractivity contribution in [3.63, 3.8) is 0 Å².